The Balaban J connectivity index is 1.34. The minimum Gasteiger partial charge on any atom is -0.361 e. The standard InChI is InChI=1S/C21H27N3O2/c1-16-14-19(22-26-16)20-8-5-11-24(20)21(25)18-9-12-23(13-10-18)15-17-6-3-2-4-7-17/h2-4,6-7,14,18,20H,5,8-13,15H2,1H3. The van der Waals surface area contributed by atoms with E-state index in [2.05, 4.69) is 45.3 Å². The third kappa shape index (κ3) is 3.68. The predicted molar refractivity (Wildman–Crippen MR) is 99.4 cm³/mol. The fraction of sp³-hybridized carbons (Fsp3) is 0.524. The number of piperidine rings is 1. The fourth-order valence-corrected chi connectivity index (χ4v) is 4.29. The highest BCUT2D eigenvalue weighted by Gasteiger charge is 2.36. The van der Waals surface area contributed by atoms with Crippen molar-refractivity contribution in [3.63, 3.8) is 0 Å². The van der Waals surface area contributed by atoms with E-state index in [0.717, 1.165) is 63.3 Å². The van der Waals surface area contributed by atoms with Crippen molar-refractivity contribution in [3.8, 4) is 0 Å². The minimum atomic E-state index is 0.0994. The molecule has 26 heavy (non-hydrogen) atoms. The van der Waals surface area contributed by atoms with Gasteiger partial charge in [-0.1, -0.05) is 35.5 Å². The van der Waals surface area contributed by atoms with Gasteiger partial charge in [0.15, 0.2) is 0 Å². The molecule has 0 radical (unpaired) electrons. The molecular formula is C21H27N3O2. The Labute approximate surface area is 155 Å². The first kappa shape index (κ1) is 17.3. The Kier molecular flexibility index (Phi) is 5.07. The molecule has 1 atom stereocenters. The van der Waals surface area contributed by atoms with E-state index in [0.29, 0.717) is 5.91 Å². The monoisotopic (exact) mass is 353 g/mol. The first-order valence-corrected chi connectivity index (χ1v) is 9.70. The number of aryl methyl sites for hydroxylation is 1. The maximum atomic E-state index is 13.1. The summed E-state index contributed by atoms with van der Waals surface area (Å²) in [6, 6.07) is 12.6. The molecule has 4 rings (SSSR count). The zero-order valence-electron chi connectivity index (χ0n) is 15.4. The second kappa shape index (κ2) is 7.62. The molecule has 1 aromatic carbocycles. The summed E-state index contributed by atoms with van der Waals surface area (Å²) >= 11 is 0. The molecule has 1 unspecified atom stereocenters. The van der Waals surface area contributed by atoms with Gasteiger partial charge in [-0.2, -0.15) is 0 Å². The predicted octanol–water partition coefficient (Wildman–Crippen LogP) is 3.56. The normalized spacial score (nSPS) is 22.0. The number of nitrogens with zero attached hydrogens (tertiary/aromatic N) is 3. The Morgan fingerprint density at radius 1 is 1.15 bits per heavy atom. The van der Waals surface area contributed by atoms with Crippen LogP contribution in [-0.2, 0) is 11.3 Å². The number of carbonyl (C=O) groups excluding carboxylic acids is 1. The van der Waals surface area contributed by atoms with Gasteiger partial charge >= 0.3 is 0 Å². The average Bonchev–Trinajstić information content (AvgIpc) is 3.31. The van der Waals surface area contributed by atoms with E-state index < -0.39 is 0 Å². The number of amides is 1. The van der Waals surface area contributed by atoms with Gasteiger partial charge in [-0.15, -0.1) is 0 Å². The van der Waals surface area contributed by atoms with Crippen molar-refractivity contribution >= 4 is 5.91 Å². The quantitative estimate of drug-likeness (QED) is 0.843. The molecule has 2 aliphatic heterocycles. The number of carbonyl (C=O) groups is 1. The number of likely N-dealkylation sites (tertiary alicyclic amines) is 2. The third-order valence-electron chi connectivity index (χ3n) is 5.71. The van der Waals surface area contributed by atoms with Crippen LogP contribution in [-0.4, -0.2) is 40.5 Å². The van der Waals surface area contributed by atoms with E-state index in [4.69, 9.17) is 4.52 Å². The van der Waals surface area contributed by atoms with E-state index in [9.17, 15) is 4.79 Å². The second-order valence-electron chi connectivity index (χ2n) is 7.59. The molecule has 0 aliphatic carbocycles. The summed E-state index contributed by atoms with van der Waals surface area (Å²) in [6.07, 6.45) is 3.94. The summed E-state index contributed by atoms with van der Waals surface area (Å²) in [5.41, 5.74) is 2.26. The van der Waals surface area contributed by atoms with Crippen LogP contribution in [0.5, 0.6) is 0 Å². The molecule has 0 bridgehead atoms. The van der Waals surface area contributed by atoms with Crippen molar-refractivity contribution in [2.24, 2.45) is 5.92 Å². The van der Waals surface area contributed by atoms with Crippen LogP contribution in [0.3, 0.4) is 0 Å². The van der Waals surface area contributed by atoms with Crippen molar-refractivity contribution in [2.75, 3.05) is 19.6 Å². The molecule has 2 saturated heterocycles. The van der Waals surface area contributed by atoms with Gasteiger partial charge in [0.05, 0.1) is 6.04 Å². The molecule has 3 heterocycles. The van der Waals surface area contributed by atoms with Crippen molar-refractivity contribution in [2.45, 2.75) is 45.2 Å². The molecule has 5 nitrogen and oxygen atoms in total. The molecule has 0 N–H and O–H groups in total. The lowest BCUT2D eigenvalue weighted by Gasteiger charge is -2.34. The molecule has 2 aromatic rings. The maximum absolute atomic E-state index is 13.1. The summed E-state index contributed by atoms with van der Waals surface area (Å²) in [5, 5.41) is 4.16. The fourth-order valence-electron chi connectivity index (χ4n) is 4.29. The van der Waals surface area contributed by atoms with E-state index in [1.807, 2.05) is 13.0 Å². The minimum absolute atomic E-state index is 0.0994. The van der Waals surface area contributed by atoms with Gasteiger partial charge in [-0.05, 0) is 51.3 Å². The van der Waals surface area contributed by atoms with Crippen LogP contribution in [0.15, 0.2) is 40.9 Å². The van der Waals surface area contributed by atoms with Crippen molar-refractivity contribution in [3.05, 3.63) is 53.4 Å². The Bertz CT molecular complexity index is 735. The largest absolute Gasteiger partial charge is 0.361 e. The summed E-state index contributed by atoms with van der Waals surface area (Å²) in [5.74, 6) is 1.27. The van der Waals surface area contributed by atoms with Gasteiger partial charge in [0.25, 0.3) is 0 Å². The number of hydrogen-bond donors (Lipinski definition) is 0. The van der Waals surface area contributed by atoms with Gasteiger partial charge < -0.3 is 9.42 Å². The number of benzene rings is 1. The van der Waals surface area contributed by atoms with Gasteiger partial charge in [0.2, 0.25) is 5.91 Å². The summed E-state index contributed by atoms with van der Waals surface area (Å²) in [6.45, 7) is 5.71. The van der Waals surface area contributed by atoms with Crippen molar-refractivity contribution in [1.29, 1.82) is 0 Å². The molecule has 2 aliphatic rings. The topological polar surface area (TPSA) is 49.6 Å². The van der Waals surface area contributed by atoms with Gasteiger partial charge in [0, 0.05) is 25.1 Å². The van der Waals surface area contributed by atoms with Gasteiger partial charge in [0.1, 0.15) is 11.5 Å². The van der Waals surface area contributed by atoms with E-state index in [-0.39, 0.29) is 12.0 Å². The van der Waals surface area contributed by atoms with Crippen LogP contribution < -0.4 is 0 Å². The van der Waals surface area contributed by atoms with E-state index >= 15 is 0 Å². The molecule has 1 aromatic heterocycles. The first-order valence-electron chi connectivity index (χ1n) is 9.70. The van der Waals surface area contributed by atoms with Crippen molar-refractivity contribution < 1.29 is 9.32 Å². The Morgan fingerprint density at radius 3 is 2.62 bits per heavy atom. The summed E-state index contributed by atoms with van der Waals surface area (Å²) < 4.78 is 5.23. The first-order chi connectivity index (χ1) is 12.7. The zero-order chi connectivity index (χ0) is 17.9. The smallest absolute Gasteiger partial charge is 0.226 e. The lowest BCUT2D eigenvalue weighted by Crippen LogP contribution is -2.42. The van der Waals surface area contributed by atoms with E-state index in [1.165, 1.54) is 5.56 Å². The van der Waals surface area contributed by atoms with Gasteiger partial charge in [-0.3, -0.25) is 9.69 Å². The Hall–Kier alpha value is -2.14. The molecule has 2 fully saturated rings. The van der Waals surface area contributed by atoms with Crippen LogP contribution >= 0.6 is 0 Å². The van der Waals surface area contributed by atoms with E-state index in [1.54, 1.807) is 0 Å². The number of hydrogen-bond acceptors (Lipinski definition) is 4. The molecule has 0 spiro atoms. The highest BCUT2D eigenvalue weighted by molar-refractivity contribution is 5.79. The van der Waals surface area contributed by atoms with Crippen LogP contribution in [0.2, 0.25) is 0 Å². The molecule has 1 amide bonds. The zero-order valence-corrected chi connectivity index (χ0v) is 15.4. The number of aromatic nitrogens is 1. The SMILES string of the molecule is Cc1cc(C2CCCN2C(=O)C2CCN(Cc3ccccc3)CC2)no1. The van der Waals surface area contributed by atoms with Crippen molar-refractivity contribution in [1.82, 2.24) is 15.0 Å². The molecule has 5 heteroatoms. The number of rotatable bonds is 4. The molecule has 138 valence electrons. The lowest BCUT2D eigenvalue weighted by atomic mass is 9.94. The molecule has 0 saturated carbocycles. The van der Waals surface area contributed by atoms with Gasteiger partial charge in [-0.25, -0.2) is 0 Å². The average molecular weight is 353 g/mol. The Morgan fingerprint density at radius 2 is 1.92 bits per heavy atom. The lowest BCUT2D eigenvalue weighted by molar-refractivity contribution is -0.138. The van der Waals surface area contributed by atoms with Crippen LogP contribution in [0.25, 0.3) is 0 Å². The maximum Gasteiger partial charge on any atom is 0.226 e. The second-order valence-corrected chi connectivity index (χ2v) is 7.59. The highest BCUT2D eigenvalue weighted by atomic mass is 16.5. The van der Waals surface area contributed by atoms with Crippen LogP contribution in [0.4, 0.5) is 0 Å². The third-order valence-corrected chi connectivity index (χ3v) is 5.71. The summed E-state index contributed by atoms with van der Waals surface area (Å²) in [4.78, 5) is 17.6. The summed E-state index contributed by atoms with van der Waals surface area (Å²) in [7, 11) is 0. The van der Waals surface area contributed by atoms with Crippen LogP contribution in [0.1, 0.15) is 48.7 Å². The highest BCUT2D eigenvalue weighted by Crippen LogP contribution is 2.34. The van der Waals surface area contributed by atoms with Crippen LogP contribution in [0, 0.1) is 12.8 Å². The molecular weight excluding hydrogens is 326 g/mol.